The number of carbonyl (C=O) groups is 1. The third-order valence-electron chi connectivity index (χ3n) is 1.83. The summed E-state index contributed by atoms with van der Waals surface area (Å²) in [6.07, 6.45) is 2.22. The van der Waals surface area contributed by atoms with Crippen LogP contribution in [0.4, 0.5) is 0 Å². The van der Waals surface area contributed by atoms with E-state index in [4.69, 9.17) is 9.84 Å². The van der Waals surface area contributed by atoms with E-state index in [-0.39, 0.29) is 24.5 Å². The molecule has 1 amide bonds. The van der Waals surface area contributed by atoms with E-state index >= 15 is 0 Å². The van der Waals surface area contributed by atoms with Crippen molar-refractivity contribution in [1.82, 2.24) is 15.3 Å². The molecule has 1 aromatic rings. The lowest BCUT2D eigenvalue weighted by atomic mass is 10.3. The van der Waals surface area contributed by atoms with Crippen molar-refractivity contribution in [3.8, 4) is 0 Å². The number of carbonyl (C=O) groups excluding carboxylic acids is 1. The number of hydrogen-bond acceptors (Lipinski definition) is 5. The number of amides is 1. The molecule has 0 saturated carbocycles. The summed E-state index contributed by atoms with van der Waals surface area (Å²) < 4.78 is 4.80. The Morgan fingerprint density at radius 3 is 3.00 bits per heavy atom. The predicted molar refractivity (Wildman–Crippen MR) is 55.1 cm³/mol. The molecule has 7 heteroatoms. The SMILES string of the molecule is COCC(CO)NC(=O)c1c[nH]c(=O)cn1. The molecule has 0 aliphatic rings. The van der Waals surface area contributed by atoms with Crippen molar-refractivity contribution in [1.29, 1.82) is 0 Å². The Morgan fingerprint density at radius 2 is 2.50 bits per heavy atom. The Bertz CT molecular complexity index is 383. The van der Waals surface area contributed by atoms with E-state index in [0.29, 0.717) is 0 Å². The number of nitrogens with one attached hydrogen (secondary N) is 2. The fourth-order valence-corrected chi connectivity index (χ4v) is 1.07. The van der Waals surface area contributed by atoms with Crippen LogP contribution in [0.1, 0.15) is 10.5 Å². The van der Waals surface area contributed by atoms with Gasteiger partial charge in [-0.2, -0.15) is 0 Å². The van der Waals surface area contributed by atoms with Gasteiger partial charge in [-0.05, 0) is 0 Å². The summed E-state index contributed by atoms with van der Waals surface area (Å²) >= 11 is 0. The normalized spacial score (nSPS) is 12.1. The first-order chi connectivity index (χ1) is 7.67. The maximum absolute atomic E-state index is 11.5. The molecule has 0 radical (unpaired) electrons. The average molecular weight is 227 g/mol. The van der Waals surface area contributed by atoms with E-state index in [0.717, 1.165) is 6.20 Å². The zero-order chi connectivity index (χ0) is 12.0. The Morgan fingerprint density at radius 1 is 1.75 bits per heavy atom. The number of rotatable bonds is 5. The molecule has 0 aliphatic heterocycles. The van der Waals surface area contributed by atoms with Gasteiger partial charge in [-0.3, -0.25) is 9.59 Å². The van der Waals surface area contributed by atoms with E-state index in [2.05, 4.69) is 15.3 Å². The molecule has 0 bridgehead atoms. The second-order valence-corrected chi connectivity index (χ2v) is 3.10. The van der Waals surface area contributed by atoms with Crippen molar-refractivity contribution in [2.75, 3.05) is 20.3 Å². The lowest BCUT2D eigenvalue weighted by molar-refractivity contribution is 0.0834. The first-order valence-electron chi connectivity index (χ1n) is 4.62. The fraction of sp³-hybridized carbons (Fsp3) is 0.444. The minimum atomic E-state index is -0.494. The highest BCUT2D eigenvalue weighted by molar-refractivity contribution is 5.92. The molecule has 0 aromatic carbocycles. The van der Waals surface area contributed by atoms with Gasteiger partial charge in [0.15, 0.2) is 0 Å². The van der Waals surface area contributed by atoms with E-state index in [1.807, 2.05) is 0 Å². The molecular formula is C9H13N3O4. The molecule has 1 aromatic heterocycles. The highest BCUT2D eigenvalue weighted by atomic mass is 16.5. The van der Waals surface area contributed by atoms with Gasteiger partial charge in [0.1, 0.15) is 5.69 Å². The van der Waals surface area contributed by atoms with Crippen LogP contribution in [-0.4, -0.2) is 47.3 Å². The van der Waals surface area contributed by atoms with Crippen LogP contribution in [0, 0.1) is 0 Å². The van der Waals surface area contributed by atoms with Gasteiger partial charge in [0.25, 0.3) is 11.5 Å². The third-order valence-corrected chi connectivity index (χ3v) is 1.83. The van der Waals surface area contributed by atoms with Gasteiger partial charge in [0.05, 0.1) is 25.5 Å². The molecule has 0 saturated heterocycles. The number of methoxy groups -OCH3 is 1. The van der Waals surface area contributed by atoms with E-state index in [9.17, 15) is 9.59 Å². The zero-order valence-corrected chi connectivity index (χ0v) is 8.77. The summed E-state index contributed by atoms with van der Waals surface area (Å²) in [5, 5.41) is 11.4. The van der Waals surface area contributed by atoms with Crippen LogP contribution >= 0.6 is 0 Å². The van der Waals surface area contributed by atoms with Crippen LogP contribution < -0.4 is 10.9 Å². The third kappa shape index (κ3) is 3.44. The summed E-state index contributed by atoms with van der Waals surface area (Å²) in [5.41, 5.74) is -0.304. The predicted octanol–water partition coefficient (Wildman–Crippen LogP) is -1.49. The Balaban J connectivity index is 2.64. The van der Waals surface area contributed by atoms with Gasteiger partial charge >= 0.3 is 0 Å². The molecule has 16 heavy (non-hydrogen) atoms. The van der Waals surface area contributed by atoms with E-state index < -0.39 is 11.9 Å². The standard InChI is InChI=1S/C9H13N3O4/c1-16-5-6(4-13)12-9(15)7-2-11-8(14)3-10-7/h2-3,6,13H,4-5H2,1H3,(H,11,14)(H,12,15). The fourth-order valence-electron chi connectivity index (χ4n) is 1.07. The smallest absolute Gasteiger partial charge is 0.271 e. The largest absolute Gasteiger partial charge is 0.394 e. The highest BCUT2D eigenvalue weighted by Crippen LogP contribution is 1.91. The zero-order valence-electron chi connectivity index (χ0n) is 8.77. The van der Waals surface area contributed by atoms with Crippen molar-refractivity contribution in [2.24, 2.45) is 0 Å². The second-order valence-electron chi connectivity index (χ2n) is 3.10. The maximum atomic E-state index is 11.5. The van der Waals surface area contributed by atoms with Crippen LogP contribution in [0.2, 0.25) is 0 Å². The topological polar surface area (TPSA) is 104 Å². The van der Waals surface area contributed by atoms with E-state index in [1.54, 1.807) is 0 Å². The van der Waals surface area contributed by atoms with Crippen LogP contribution in [-0.2, 0) is 4.74 Å². The van der Waals surface area contributed by atoms with Gasteiger partial charge in [-0.15, -0.1) is 0 Å². The van der Waals surface area contributed by atoms with Crippen LogP contribution in [0.3, 0.4) is 0 Å². The summed E-state index contributed by atoms with van der Waals surface area (Å²) in [4.78, 5) is 28.2. The first-order valence-corrected chi connectivity index (χ1v) is 4.62. The number of aromatic nitrogens is 2. The lowest BCUT2D eigenvalue weighted by Crippen LogP contribution is -2.41. The molecule has 1 unspecified atom stereocenters. The average Bonchev–Trinajstić information content (AvgIpc) is 2.29. The minimum absolute atomic E-state index is 0.0779. The molecular weight excluding hydrogens is 214 g/mol. The maximum Gasteiger partial charge on any atom is 0.271 e. The van der Waals surface area contributed by atoms with Crippen molar-refractivity contribution in [3.63, 3.8) is 0 Å². The van der Waals surface area contributed by atoms with Gasteiger partial charge in [0, 0.05) is 13.3 Å². The summed E-state index contributed by atoms with van der Waals surface area (Å²) in [7, 11) is 1.47. The molecule has 1 heterocycles. The van der Waals surface area contributed by atoms with Crippen molar-refractivity contribution < 1.29 is 14.6 Å². The van der Waals surface area contributed by atoms with Crippen molar-refractivity contribution >= 4 is 5.91 Å². The molecule has 1 rings (SSSR count). The number of aromatic amines is 1. The first kappa shape index (κ1) is 12.3. The minimum Gasteiger partial charge on any atom is -0.394 e. The molecule has 0 spiro atoms. The second kappa shape index (κ2) is 5.99. The van der Waals surface area contributed by atoms with Gasteiger partial charge in [-0.25, -0.2) is 4.98 Å². The Hall–Kier alpha value is -1.73. The summed E-state index contributed by atoms with van der Waals surface area (Å²) in [6, 6.07) is -0.494. The molecule has 88 valence electrons. The van der Waals surface area contributed by atoms with Gasteiger partial charge in [-0.1, -0.05) is 0 Å². The molecule has 0 aliphatic carbocycles. The summed E-state index contributed by atoms with van der Waals surface area (Å²) in [6.45, 7) is -0.0332. The van der Waals surface area contributed by atoms with E-state index in [1.165, 1.54) is 13.3 Å². The summed E-state index contributed by atoms with van der Waals surface area (Å²) in [5.74, 6) is -0.479. The quantitative estimate of drug-likeness (QED) is 0.568. The highest BCUT2D eigenvalue weighted by Gasteiger charge is 2.13. The van der Waals surface area contributed by atoms with Crippen molar-refractivity contribution in [2.45, 2.75) is 6.04 Å². The number of aliphatic hydroxyl groups excluding tert-OH is 1. The number of hydrogen-bond donors (Lipinski definition) is 3. The Kier molecular flexibility index (Phi) is 4.62. The molecule has 3 N–H and O–H groups in total. The van der Waals surface area contributed by atoms with Gasteiger partial charge in [0.2, 0.25) is 0 Å². The van der Waals surface area contributed by atoms with Crippen LogP contribution in [0.15, 0.2) is 17.2 Å². The lowest BCUT2D eigenvalue weighted by Gasteiger charge is -2.14. The van der Waals surface area contributed by atoms with Gasteiger partial charge < -0.3 is 20.1 Å². The number of nitrogens with zero attached hydrogens (tertiary/aromatic N) is 1. The monoisotopic (exact) mass is 227 g/mol. The molecule has 0 fully saturated rings. The molecule has 1 atom stereocenters. The van der Waals surface area contributed by atoms with Crippen LogP contribution in [0.25, 0.3) is 0 Å². The number of H-pyrrole nitrogens is 1. The molecule has 7 nitrogen and oxygen atoms in total. The Labute approximate surface area is 91.5 Å². The van der Waals surface area contributed by atoms with Crippen molar-refractivity contribution in [3.05, 3.63) is 28.4 Å². The number of ether oxygens (including phenoxy) is 1. The number of aliphatic hydroxyl groups is 1. The van der Waals surface area contributed by atoms with Crippen LogP contribution in [0.5, 0.6) is 0 Å².